The van der Waals surface area contributed by atoms with Gasteiger partial charge < -0.3 is 5.73 Å². The molecule has 0 saturated heterocycles. The van der Waals surface area contributed by atoms with Crippen molar-refractivity contribution in [2.24, 2.45) is 5.73 Å². The summed E-state index contributed by atoms with van der Waals surface area (Å²) >= 11 is 0. The quantitative estimate of drug-likeness (QED) is 0.906. The second-order valence-electron chi connectivity index (χ2n) is 4.75. The zero-order chi connectivity index (χ0) is 13.9. The van der Waals surface area contributed by atoms with Crippen molar-refractivity contribution in [2.75, 3.05) is 5.75 Å². The van der Waals surface area contributed by atoms with Crippen molar-refractivity contribution in [3.05, 3.63) is 42.1 Å². The molecule has 1 aromatic carbocycles. The number of pyridine rings is 1. The summed E-state index contributed by atoms with van der Waals surface area (Å²) < 4.78 is 24.0. The number of hydrogen-bond acceptors (Lipinski definition) is 4. The first kappa shape index (κ1) is 14.0. The summed E-state index contributed by atoms with van der Waals surface area (Å²) in [6, 6.07) is 9.01. The molecule has 0 bridgehead atoms. The van der Waals surface area contributed by atoms with Gasteiger partial charge in [0.2, 0.25) is 0 Å². The van der Waals surface area contributed by atoms with E-state index >= 15 is 0 Å². The van der Waals surface area contributed by atoms with Gasteiger partial charge in [-0.2, -0.15) is 0 Å². The Morgan fingerprint density at radius 2 is 2.11 bits per heavy atom. The number of nitrogens with two attached hydrogens (primary N) is 1. The van der Waals surface area contributed by atoms with Crippen molar-refractivity contribution < 1.29 is 8.42 Å². The smallest absolute Gasteiger partial charge is 0.155 e. The molecule has 0 aliphatic rings. The molecule has 4 nitrogen and oxygen atoms in total. The van der Waals surface area contributed by atoms with Crippen molar-refractivity contribution in [3.8, 4) is 0 Å². The van der Waals surface area contributed by atoms with Crippen molar-refractivity contribution in [3.63, 3.8) is 0 Å². The van der Waals surface area contributed by atoms with Crippen LogP contribution in [0, 0.1) is 0 Å². The molecule has 2 N–H and O–H groups in total. The fourth-order valence-corrected chi connectivity index (χ4v) is 3.67. The van der Waals surface area contributed by atoms with Crippen LogP contribution in [0.3, 0.4) is 0 Å². The molecule has 1 unspecified atom stereocenters. The maximum Gasteiger partial charge on any atom is 0.155 e. The molecule has 0 aliphatic carbocycles. The highest BCUT2D eigenvalue weighted by atomic mass is 32.2. The van der Waals surface area contributed by atoms with E-state index < -0.39 is 9.84 Å². The molecule has 1 heterocycles. The fourth-order valence-electron chi connectivity index (χ4n) is 1.97. The molecule has 0 aliphatic heterocycles. The van der Waals surface area contributed by atoms with Crippen LogP contribution < -0.4 is 5.73 Å². The third-order valence-electron chi connectivity index (χ3n) is 3.05. The molecule has 19 heavy (non-hydrogen) atoms. The van der Waals surface area contributed by atoms with Crippen LogP contribution in [-0.4, -0.2) is 25.2 Å². The average Bonchev–Trinajstić information content (AvgIpc) is 2.37. The lowest BCUT2D eigenvalue weighted by molar-refractivity contribution is 0.583. The van der Waals surface area contributed by atoms with Crippen LogP contribution in [0.1, 0.15) is 18.9 Å². The highest BCUT2D eigenvalue weighted by Crippen LogP contribution is 2.16. The Balaban J connectivity index is 2.21. The molecule has 1 aromatic heterocycles. The van der Waals surface area contributed by atoms with Crippen molar-refractivity contribution >= 4 is 20.7 Å². The molecule has 0 fully saturated rings. The third-order valence-corrected chi connectivity index (χ3v) is 4.76. The molecule has 0 amide bonds. The Kier molecular flexibility index (Phi) is 4.17. The first-order valence-electron chi connectivity index (χ1n) is 6.30. The van der Waals surface area contributed by atoms with Gasteiger partial charge in [0.25, 0.3) is 0 Å². The number of rotatable bonds is 5. The minimum Gasteiger partial charge on any atom is -0.327 e. The SMILES string of the molecule is CCC(N)CS(=O)(=O)Cc1ccc2ncccc2c1. The number of nitrogens with zero attached hydrogens (tertiary/aromatic N) is 1. The zero-order valence-corrected chi connectivity index (χ0v) is 11.7. The Hall–Kier alpha value is -1.46. The van der Waals surface area contributed by atoms with E-state index in [-0.39, 0.29) is 17.5 Å². The first-order chi connectivity index (χ1) is 9.00. The molecule has 0 radical (unpaired) electrons. The monoisotopic (exact) mass is 278 g/mol. The van der Waals surface area contributed by atoms with Gasteiger partial charge in [-0.3, -0.25) is 4.98 Å². The van der Waals surface area contributed by atoms with Crippen molar-refractivity contribution in [1.29, 1.82) is 0 Å². The summed E-state index contributed by atoms with van der Waals surface area (Å²) in [7, 11) is -3.16. The van der Waals surface area contributed by atoms with E-state index in [1.54, 1.807) is 6.20 Å². The summed E-state index contributed by atoms with van der Waals surface area (Å²) in [4.78, 5) is 4.21. The Bertz CT molecular complexity index is 668. The molecular weight excluding hydrogens is 260 g/mol. The molecule has 0 saturated carbocycles. The maximum absolute atomic E-state index is 12.0. The zero-order valence-electron chi connectivity index (χ0n) is 10.9. The van der Waals surface area contributed by atoms with Gasteiger partial charge in [-0.15, -0.1) is 0 Å². The summed E-state index contributed by atoms with van der Waals surface area (Å²) in [6.07, 6.45) is 2.39. The van der Waals surface area contributed by atoms with Gasteiger partial charge in [-0.25, -0.2) is 8.42 Å². The van der Waals surface area contributed by atoms with E-state index in [9.17, 15) is 8.42 Å². The molecule has 1 atom stereocenters. The first-order valence-corrected chi connectivity index (χ1v) is 8.12. The van der Waals surface area contributed by atoms with E-state index in [1.807, 2.05) is 37.3 Å². The third kappa shape index (κ3) is 3.75. The maximum atomic E-state index is 12.0. The summed E-state index contributed by atoms with van der Waals surface area (Å²) in [6.45, 7) is 1.89. The van der Waals surface area contributed by atoms with Crippen molar-refractivity contribution in [1.82, 2.24) is 4.98 Å². The van der Waals surface area contributed by atoms with Gasteiger partial charge >= 0.3 is 0 Å². The summed E-state index contributed by atoms with van der Waals surface area (Å²) in [5, 5.41) is 0.954. The molecule has 102 valence electrons. The Labute approximate surface area is 113 Å². The van der Waals surface area contributed by atoms with E-state index in [4.69, 9.17) is 5.73 Å². The lowest BCUT2D eigenvalue weighted by atomic mass is 10.1. The summed E-state index contributed by atoms with van der Waals surface area (Å²) in [5.41, 5.74) is 7.36. The predicted octanol–water partition coefficient (Wildman–Crippen LogP) is 1.89. The van der Waals surface area contributed by atoms with E-state index in [1.165, 1.54) is 0 Å². The van der Waals surface area contributed by atoms with Crippen LogP contribution in [0.5, 0.6) is 0 Å². The second-order valence-corrected chi connectivity index (χ2v) is 6.86. The van der Waals surface area contributed by atoms with Gasteiger partial charge in [0.1, 0.15) is 0 Å². The molecule has 0 spiro atoms. The standard InChI is InChI=1S/C14H18N2O2S/c1-2-13(15)10-19(17,18)9-11-5-6-14-12(8-11)4-3-7-16-14/h3-8,13H,2,9-10,15H2,1H3. The molecule has 2 aromatic rings. The van der Waals surface area contributed by atoms with Crippen molar-refractivity contribution in [2.45, 2.75) is 25.1 Å². The van der Waals surface area contributed by atoms with E-state index in [0.29, 0.717) is 6.42 Å². The minimum atomic E-state index is -3.16. The normalized spacial score (nSPS) is 13.6. The van der Waals surface area contributed by atoms with Gasteiger partial charge in [0.05, 0.1) is 17.0 Å². The van der Waals surface area contributed by atoms with E-state index in [2.05, 4.69) is 4.98 Å². The van der Waals surface area contributed by atoms with Crippen LogP contribution in [0.2, 0.25) is 0 Å². The van der Waals surface area contributed by atoms with Crippen LogP contribution in [0.4, 0.5) is 0 Å². The highest BCUT2D eigenvalue weighted by molar-refractivity contribution is 7.90. The van der Waals surface area contributed by atoms with Gasteiger partial charge in [0.15, 0.2) is 9.84 Å². The molecule has 2 rings (SSSR count). The predicted molar refractivity (Wildman–Crippen MR) is 77.5 cm³/mol. The topological polar surface area (TPSA) is 73.1 Å². The number of aromatic nitrogens is 1. The van der Waals surface area contributed by atoms with Gasteiger partial charge in [0, 0.05) is 17.6 Å². The minimum absolute atomic E-state index is 0.0333. The van der Waals surface area contributed by atoms with Crippen LogP contribution in [0.15, 0.2) is 36.5 Å². The Morgan fingerprint density at radius 3 is 2.84 bits per heavy atom. The van der Waals surface area contributed by atoms with Gasteiger partial charge in [-0.1, -0.05) is 19.1 Å². The average molecular weight is 278 g/mol. The second kappa shape index (κ2) is 5.67. The fraction of sp³-hybridized carbons (Fsp3) is 0.357. The highest BCUT2D eigenvalue weighted by Gasteiger charge is 2.16. The molecular formula is C14H18N2O2S. The lowest BCUT2D eigenvalue weighted by Crippen LogP contribution is -2.29. The van der Waals surface area contributed by atoms with Crippen LogP contribution >= 0.6 is 0 Å². The number of benzene rings is 1. The van der Waals surface area contributed by atoms with Gasteiger partial charge in [-0.05, 0) is 30.2 Å². The summed E-state index contributed by atoms with van der Waals surface area (Å²) in [5.74, 6) is 0.0696. The van der Waals surface area contributed by atoms with Crippen LogP contribution in [-0.2, 0) is 15.6 Å². The lowest BCUT2D eigenvalue weighted by Gasteiger charge is -2.10. The largest absolute Gasteiger partial charge is 0.327 e. The number of hydrogen-bond donors (Lipinski definition) is 1. The Morgan fingerprint density at radius 1 is 1.32 bits per heavy atom. The molecule has 5 heteroatoms. The van der Waals surface area contributed by atoms with Crippen LogP contribution in [0.25, 0.3) is 10.9 Å². The number of fused-ring (bicyclic) bond motifs is 1. The number of sulfone groups is 1. The van der Waals surface area contributed by atoms with E-state index in [0.717, 1.165) is 16.5 Å².